The molecule has 0 spiro atoms. The van der Waals surface area contributed by atoms with Crippen LogP contribution in [0.1, 0.15) is 24.4 Å². The minimum absolute atomic E-state index is 0.00846. The predicted molar refractivity (Wildman–Crippen MR) is 95.2 cm³/mol. The van der Waals surface area contributed by atoms with E-state index in [1.54, 1.807) is 26.4 Å². The van der Waals surface area contributed by atoms with Crippen molar-refractivity contribution in [2.75, 3.05) is 27.4 Å². The molecule has 1 unspecified atom stereocenters. The number of likely N-dealkylation sites (tertiary alicyclic amines) is 1. The van der Waals surface area contributed by atoms with E-state index >= 15 is 0 Å². The smallest absolute Gasteiger partial charge is 0.261 e. The zero-order valence-electron chi connectivity index (χ0n) is 14.6. The van der Waals surface area contributed by atoms with Gasteiger partial charge in [-0.15, -0.1) is 0 Å². The van der Waals surface area contributed by atoms with Gasteiger partial charge < -0.3 is 19.1 Å². The second-order valence-electron chi connectivity index (χ2n) is 5.98. The fourth-order valence-electron chi connectivity index (χ4n) is 3.14. The summed E-state index contributed by atoms with van der Waals surface area (Å²) in [6.45, 7) is 0.806. The van der Waals surface area contributed by atoms with Gasteiger partial charge in [0, 0.05) is 6.54 Å². The van der Waals surface area contributed by atoms with E-state index in [4.69, 9.17) is 14.2 Å². The summed E-state index contributed by atoms with van der Waals surface area (Å²) in [5.41, 5.74) is 1.14. The molecular weight excluding hydrogens is 318 g/mol. The number of methoxy groups -OCH3 is 2. The SMILES string of the molecule is COc1ccc(OCC(=O)N2CCCC2c2ccc(OC)cc2)cc1. The van der Waals surface area contributed by atoms with E-state index in [1.807, 2.05) is 41.3 Å². The predicted octanol–water partition coefficient (Wildman–Crippen LogP) is 3.45. The number of rotatable bonds is 6. The third-order valence-electron chi connectivity index (χ3n) is 4.50. The number of ether oxygens (including phenoxy) is 3. The molecular formula is C20H23NO4. The molecule has 0 N–H and O–H groups in total. The van der Waals surface area contributed by atoms with E-state index in [9.17, 15) is 4.79 Å². The van der Waals surface area contributed by atoms with Crippen molar-refractivity contribution in [3.63, 3.8) is 0 Å². The van der Waals surface area contributed by atoms with Crippen LogP contribution in [0.15, 0.2) is 48.5 Å². The van der Waals surface area contributed by atoms with E-state index in [1.165, 1.54) is 0 Å². The summed E-state index contributed by atoms with van der Waals surface area (Å²) in [4.78, 5) is 14.5. The molecule has 0 bridgehead atoms. The van der Waals surface area contributed by atoms with Gasteiger partial charge >= 0.3 is 0 Å². The highest BCUT2D eigenvalue weighted by molar-refractivity contribution is 5.78. The molecule has 1 atom stereocenters. The lowest BCUT2D eigenvalue weighted by Crippen LogP contribution is -2.34. The lowest BCUT2D eigenvalue weighted by molar-refractivity contribution is -0.134. The van der Waals surface area contributed by atoms with Gasteiger partial charge in [0.15, 0.2) is 6.61 Å². The van der Waals surface area contributed by atoms with Crippen LogP contribution in [0.2, 0.25) is 0 Å². The maximum Gasteiger partial charge on any atom is 0.261 e. The summed E-state index contributed by atoms with van der Waals surface area (Å²) < 4.78 is 16.0. The van der Waals surface area contributed by atoms with E-state index in [0.29, 0.717) is 5.75 Å². The molecule has 1 heterocycles. The fourth-order valence-corrected chi connectivity index (χ4v) is 3.14. The Balaban J connectivity index is 1.61. The van der Waals surface area contributed by atoms with Crippen LogP contribution in [-0.4, -0.2) is 38.2 Å². The first kappa shape index (κ1) is 17.1. The standard InChI is InChI=1S/C20H23NO4/c1-23-16-7-5-15(6-8-16)19-4-3-13-21(19)20(22)14-25-18-11-9-17(24-2)10-12-18/h5-12,19H,3-4,13-14H2,1-2H3. The number of nitrogens with zero attached hydrogens (tertiary/aromatic N) is 1. The molecule has 1 fully saturated rings. The first-order chi connectivity index (χ1) is 12.2. The van der Waals surface area contributed by atoms with Gasteiger partial charge in [-0.2, -0.15) is 0 Å². The lowest BCUT2D eigenvalue weighted by atomic mass is 10.0. The van der Waals surface area contributed by atoms with Crippen molar-refractivity contribution in [1.82, 2.24) is 4.90 Å². The Kier molecular flexibility index (Phi) is 5.43. The van der Waals surface area contributed by atoms with E-state index in [-0.39, 0.29) is 18.6 Å². The lowest BCUT2D eigenvalue weighted by Gasteiger charge is -2.25. The monoisotopic (exact) mass is 341 g/mol. The van der Waals surface area contributed by atoms with Crippen molar-refractivity contribution in [3.8, 4) is 17.2 Å². The van der Waals surface area contributed by atoms with Gasteiger partial charge in [0.1, 0.15) is 17.2 Å². The summed E-state index contributed by atoms with van der Waals surface area (Å²) in [5.74, 6) is 2.25. The van der Waals surface area contributed by atoms with Crippen LogP contribution in [0.25, 0.3) is 0 Å². The Morgan fingerprint density at radius 1 is 0.960 bits per heavy atom. The molecule has 1 aliphatic heterocycles. The van der Waals surface area contributed by atoms with Crippen LogP contribution < -0.4 is 14.2 Å². The average Bonchev–Trinajstić information content (AvgIpc) is 3.16. The van der Waals surface area contributed by atoms with Gasteiger partial charge in [0.2, 0.25) is 0 Å². The van der Waals surface area contributed by atoms with Gasteiger partial charge in [-0.3, -0.25) is 4.79 Å². The van der Waals surface area contributed by atoms with Crippen molar-refractivity contribution in [2.45, 2.75) is 18.9 Å². The Morgan fingerprint density at radius 3 is 2.12 bits per heavy atom. The number of carbonyl (C=O) groups excluding carboxylic acids is 1. The molecule has 0 aliphatic carbocycles. The molecule has 0 saturated carbocycles. The molecule has 2 aromatic rings. The highest BCUT2D eigenvalue weighted by atomic mass is 16.5. The highest BCUT2D eigenvalue weighted by Crippen LogP contribution is 2.32. The highest BCUT2D eigenvalue weighted by Gasteiger charge is 2.30. The molecule has 2 aromatic carbocycles. The summed E-state index contributed by atoms with van der Waals surface area (Å²) in [5, 5.41) is 0. The van der Waals surface area contributed by atoms with Crippen LogP contribution in [0, 0.1) is 0 Å². The van der Waals surface area contributed by atoms with Gasteiger partial charge in [0.25, 0.3) is 5.91 Å². The molecule has 0 aromatic heterocycles. The average molecular weight is 341 g/mol. The van der Waals surface area contributed by atoms with Gasteiger partial charge in [-0.05, 0) is 54.8 Å². The number of hydrogen-bond donors (Lipinski definition) is 0. The Bertz CT molecular complexity index is 697. The molecule has 1 saturated heterocycles. The minimum Gasteiger partial charge on any atom is -0.497 e. The third kappa shape index (κ3) is 4.05. The second-order valence-corrected chi connectivity index (χ2v) is 5.98. The first-order valence-electron chi connectivity index (χ1n) is 8.41. The molecule has 5 heteroatoms. The molecule has 1 amide bonds. The van der Waals surface area contributed by atoms with Gasteiger partial charge in [-0.25, -0.2) is 0 Å². The van der Waals surface area contributed by atoms with Crippen LogP contribution >= 0.6 is 0 Å². The summed E-state index contributed by atoms with van der Waals surface area (Å²) >= 11 is 0. The molecule has 0 radical (unpaired) electrons. The molecule has 132 valence electrons. The van der Waals surface area contributed by atoms with Crippen LogP contribution in [0.4, 0.5) is 0 Å². The van der Waals surface area contributed by atoms with Crippen LogP contribution in [0.3, 0.4) is 0 Å². The normalized spacial score (nSPS) is 16.6. The summed E-state index contributed by atoms with van der Waals surface area (Å²) in [7, 11) is 3.27. The van der Waals surface area contributed by atoms with E-state index in [0.717, 1.165) is 36.4 Å². The second kappa shape index (κ2) is 7.92. The van der Waals surface area contributed by atoms with E-state index < -0.39 is 0 Å². The van der Waals surface area contributed by atoms with Crippen molar-refractivity contribution in [2.24, 2.45) is 0 Å². The molecule has 3 rings (SSSR count). The summed E-state index contributed by atoms with van der Waals surface area (Å²) in [6, 6.07) is 15.3. The van der Waals surface area contributed by atoms with Gasteiger partial charge in [-0.1, -0.05) is 12.1 Å². The molecule has 25 heavy (non-hydrogen) atoms. The molecule has 5 nitrogen and oxygen atoms in total. The van der Waals surface area contributed by atoms with Crippen LogP contribution in [0.5, 0.6) is 17.2 Å². The third-order valence-corrected chi connectivity index (χ3v) is 4.50. The fraction of sp³-hybridized carbons (Fsp3) is 0.350. The quantitative estimate of drug-likeness (QED) is 0.807. The topological polar surface area (TPSA) is 48.0 Å². The Morgan fingerprint density at radius 2 is 1.52 bits per heavy atom. The number of amides is 1. The summed E-state index contributed by atoms with van der Waals surface area (Å²) in [6.07, 6.45) is 1.98. The number of hydrogen-bond acceptors (Lipinski definition) is 4. The minimum atomic E-state index is 0.00846. The Labute approximate surface area is 148 Å². The van der Waals surface area contributed by atoms with Gasteiger partial charge in [0.05, 0.1) is 20.3 Å². The molecule has 1 aliphatic rings. The van der Waals surface area contributed by atoms with Crippen LogP contribution in [-0.2, 0) is 4.79 Å². The van der Waals surface area contributed by atoms with Crippen molar-refractivity contribution >= 4 is 5.91 Å². The number of carbonyl (C=O) groups is 1. The number of benzene rings is 2. The van der Waals surface area contributed by atoms with Crippen molar-refractivity contribution < 1.29 is 19.0 Å². The Hall–Kier alpha value is -2.69. The largest absolute Gasteiger partial charge is 0.497 e. The maximum atomic E-state index is 12.6. The van der Waals surface area contributed by atoms with E-state index in [2.05, 4.69) is 0 Å². The van der Waals surface area contributed by atoms with Crippen molar-refractivity contribution in [3.05, 3.63) is 54.1 Å². The first-order valence-corrected chi connectivity index (χ1v) is 8.41. The zero-order valence-corrected chi connectivity index (χ0v) is 14.6. The van der Waals surface area contributed by atoms with Crippen molar-refractivity contribution in [1.29, 1.82) is 0 Å². The maximum absolute atomic E-state index is 12.6. The zero-order chi connectivity index (χ0) is 17.6.